The maximum Gasteiger partial charge on any atom is 0.255 e. The molecule has 1 saturated heterocycles. The van der Waals surface area contributed by atoms with Gasteiger partial charge in [0.25, 0.3) is 11.8 Å². The lowest BCUT2D eigenvalue weighted by Gasteiger charge is -2.27. The third kappa shape index (κ3) is 4.62. The summed E-state index contributed by atoms with van der Waals surface area (Å²) in [6.45, 7) is 1.87. The minimum atomic E-state index is -1.03. The van der Waals surface area contributed by atoms with Crippen molar-refractivity contribution in [2.75, 3.05) is 18.4 Å². The number of fused-ring (bicyclic) bond motifs is 2. The number of piperidine rings is 1. The average Bonchev–Trinajstić information content (AvgIpc) is 3.77. The van der Waals surface area contributed by atoms with Crippen LogP contribution in [0.5, 0.6) is 0 Å². The van der Waals surface area contributed by atoms with Gasteiger partial charge in [-0.15, -0.1) is 11.3 Å². The minimum absolute atomic E-state index is 0.0466. The number of amides is 2. The minimum Gasteiger partial charge on any atom is -0.334 e. The van der Waals surface area contributed by atoms with E-state index in [1.165, 1.54) is 22.3 Å². The number of aryl methyl sites for hydroxylation is 1. The Balaban J connectivity index is 1.20. The molecule has 11 heteroatoms. The van der Waals surface area contributed by atoms with Crippen LogP contribution in [-0.4, -0.2) is 50.5 Å². The van der Waals surface area contributed by atoms with Gasteiger partial charge in [0.2, 0.25) is 0 Å². The first-order chi connectivity index (χ1) is 20.0. The van der Waals surface area contributed by atoms with Crippen molar-refractivity contribution in [1.82, 2.24) is 24.8 Å². The molecule has 0 radical (unpaired) electrons. The Bertz CT molecular complexity index is 1620. The second-order valence-corrected chi connectivity index (χ2v) is 11.7. The van der Waals surface area contributed by atoms with E-state index in [1.54, 1.807) is 24.0 Å². The summed E-state index contributed by atoms with van der Waals surface area (Å²) >= 11 is 1.28. The zero-order chi connectivity index (χ0) is 28.1. The van der Waals surface area contributed by atoms with Crippen LogP contribution in [0, 0.1) is 5.82 Å². The number of aromatic nitrogens is 3. The highest BCUT2D eigenvalue weighted by atomic mass is 32.1. The summed E-state index contributed by atoms with van der Waals surface area (Å²) in [5.41, 5.74) is 4.11. The first-order valence-corrected chi connectivity index (χ1v) is 14.7. The smallest absolute Gasteiger partial charge is 0.255 e. The van der Waals surface area contributed by atoms with Crippen molar-refractivity contribution in [1.29, 1.82) is 0 Å². The summed E-state index contributed by atoms with van der Waals surface area (Å²) in [5.74, 6) is -1.54. The fourth-order valence-corrected chi connectivity index (χ4v) is 6.82. The van der Waals surface area contributed by atoms with Crippen molar-refractivity contribution in [3.05, 3.63) is 88.2 Å². The van der Waals surface area contributed by atoms with E-state index in [1.807, 2.05) is 28.8 Å². The standard InChI is InChI=1S/C30H28F2N6O2S/c31-23-13-19(17-3-5-18(6-4-17)20-7-8-33-14-24(20)32)12-21-22(23)15-38(29(21)40)27(28(39)36-30-34-9-11-41-30)26-25-2-1-10-37(25)16-35-26/h3-6,9,11-13,16,20,24,27,33H,1-2,7-8,10,14-15H2,(H,34,36,39)/t20-,24+,27?/m1/s1. The zero-order valence-electron chi connectivity index (χ0n) is 22.1. The van der Waals surface area contributed by atoms with E-state index in [2.05, 4.69) is 20.6 Å². The molecule has 5 heterocycles. The number of rotatable bonds is 6. The van der Waals surface area contributed by atoms with Gasteiger partial charge >= 0.3 is 0 Å². The van der Waals surface area contributed by atoms with Crippen LogP contribution >= 0.6 is 11.3 Å². The van der Waals surface area contributed by atoms with Gasteiger partial charge in [0.15, 0.2) is 11.2 Å². The number of benzene rings is 2. The number of halogens is 2. The van der Waals surface area contributed by atoms with Gasteiger partial charge in [0.1, 0.15) is 12.0 Å². The lowest BCUT2D eigenvalue weighted by atomic mass is 9.87. The summed E-state index contributed by atoms with van der Waals surface area (Å²) in [7, 11) is 0. The summed E-state index contributed by atoms with van der Waals surface area (Å²) in [6, 6.07) is 9.54. The maximum absolute atomic E-state index is 15.6. The molecule has 7 rings (SSSR count). The van der Waals surface area contributed by atoms with Gasteiger partial charge < -0.3 is 14.8 Å². The van der Waals surface area contributed by atoms with Crippen molar-refractivity contribution in [3.8, 4) is 11.1 Å². The first kappa shape index (κ1) is 26.0. The van der Waals surface area contributed by atoms with Crippen LogP contribution in [-0.2, 0) is 24.3 Å². The molecule has 0 bridgehead atoms. The molecule has 3 aliphatic rings. The molecule has 2 aromatic carbocycles. The Morgan fingerprint density at radius 2 is 2.02 bits per heavy atom. The summed E-state index contributed by atoms with van der Waals surface area (Å²) in [4.78, 5) is 37.6. The molecule has 3 aliphatic heterocycles. The Morgan fingerprint density at radius 3 is 2.80 bits per heavy atom. The van der Waals surface area contributed by atoms with Crippen LogP contribution in [0.25, 0.3) is 11.1 Å². The molecule has 0 aliphatic carbocycles. The van der Waals surface area contributed by atoms with E-state index >= 15 is 4.39 Å². The fraction of sp³-hybridized carbons (Fsp3) is 0.333. The van der Waals surface area contributed by atoms with Crippen molar-refractivity contribution in [3.63, 3.8) is 0 Å². The number of alkyl halides is 1. The summed E-state index contributed by atoms with van der Waals surface area (Å²) in [6.07, 6.45) is 4.74. The Kier molecular flexibility index (Phi) is 6.63. The van der Waals surface area contributed by atoms with E-state index in [0.717, 1.165) is 49.2 Å². The SMILES string of the molecule is O=C(Nc1nccs1)C(c1ncn2c1CCC2)N1Cc2c(F)cc(-c3ccc([C@H]4CCNC[C@@H]4F)cc3)cc2C1=O. The number of hydrogen-bond donors (Lipinski definition) is 2. The highest BCUT2D eigenvalue weighted by Gasteiger charge is 2.42. The third-order valence-electron chi connectivity index (χ3n) is 8.37. The molecule has 3 atom stereocenters. The fourth-order valence-electron chi connectivity index (χ4n) is 6.28. The van der Waals surface area contributed by atoms with Crippen LogP contribution < -0.4 is 10.6 Å². The van der Waals surface area contributed by atoms with E-state index in [-0.39, 0.29) is 23.6 Å². The average molecular weight is 575 g/mol. The van der Waals surface area contributed by atoms with Crippen molar-refractivity contribution in [2.24, 2.45) is 0 Å². The van der Waals surface area contributed by atoms with Gasteiger partial charge in [-0.1, -0.05) is 24.3 Å². The number of imidazole rings is 1. The van der Waals surface area contributed by atoms with Gasteiger partial charge in [-0.05, 0) is 54.6 Å². The maximum atomic E-state index is 15.6. The number of carbonyl (C=O) groups excluding carboxylic acids is 2. The van der Waals surface area contributed by atoms with Gasteiger partial charge in [-0.3, -0.25) is 14.9 Å². The summed E-state index contributed by atoms with van der Waals surface area (Å²) in [5, 5.41) is 8.05. The molecular formula is C30H28F2N6O2S. The zero-order valence-corrected chi connectivity index (χ0v) is 23.0. The van der Waals surface area contributed by atoms with Gasteiger partial charge in [0.05, 0.1) is 18.6 Å². The molecule has 210 valence electrons. The second-order valence-electron chi connectivity index (χ2n) is 10.8. The molecule has 4 aromatic rings. The quantitative estimate of drug-likeness (QED) is 0.344. The molecule has 2 N–H and O–H groups in total. The van der Waals surface area contributed by atoms with Gasteiger partial charge in [-0.2, -0.15) is 0 Å². The van der Waals surface area contributed by atoms with Gasteiger partial charge in [-0.25, -0.2) is 18.7 Å². The second kappa shape index (κ2) is 10.5. The number of nitrogens with one attached hydrogen (secondary N) is 2. The number of carbonyl (C=O) groups is 2. The van der Waals surface area contributed by atoms with Crippen molar-refractivity contribution in [2.45, 2.75) is 50.5 Å². The molecule has 41 heavy (non-hydrogen) atoms. The largest absolute Gasteiger partial charge is 0.334 e. The molecule has 2 aromatic heterocycles. The van der Waals surface area contributed by atoms with Crippen molar-refractivity contribution < 1.29 is 18.4 Å². The lowest BCUT2D eigenvalue weighted by Crippen LogP contribution is -2.38. The monoisotopic (exact) mass is 574 g/mol. The van der Waals surface area contributed by atoms with Crippen LogP contribution in [0.1, 0.15) is 57.7 Å². The number of thiazole rings is 1. The van der Waals surface area contributed by atoms with Crippen LogP contribution in [0.3, 0.4) is 0 Å². The van der Waals surface area contributed by atoms with E-state index < -0.39 is 29.8 Å². The molecule has 1 unspecified atom stereocenters. The summed E-state index contributed by atoms with van der Waals surface area (Å²) < 4.78 is 32.0. The highest BCUT2D eigenvalue weighted by molar-refractivity contribution is 7.13. The predicted molar refractivity (Wildman–Crippen MR) is 151 cm³/mol. The van der Waals surface area contributed by atoms with E-state index in [9.17, 15) is 14.0 Å². The van der Waals surface area contributed by atoms with Crippen LogP contribution in [0.2, 0.25) is 0 Å². The topological polar surface area (TPSA) is 92.2 Å². The predicted octanol–water partition coefficient (Wildman–Crippen LogP) is 4.84. The van der Waals surface area contributed by atoms with Crippen molar-refractivity contribution >= 4 is 28.3 Å². The molecule has 8 nitrogen and oxygen atoms in total. The molecule has 2 amide bonds. The Labute approximate surface area is 239 Å². The van der Waals surface area contributed by atoms with E-state index in [0.29, 0.717) is 22.9 Å². The molecule has 0 spiro atoms. The first-order valence-electron chi connectivity index (χ1n) is 13.8. The molecule has 1 fully saturated rings. The van der Waals surface area contributed by atoms with E-state index in [4.69, 9.17) is 0 Å². The third-order valence-corrected chi connectivity index (χ3v) is 9.06. The van der Waals surface area contributed by atoms with Crippen LogP contribution in [0.4, 0.5) is 13.9 Å². The Morgan fingerprint density at radius 1 is 1.17 bits per heavy atom. The number of nitrogens with zero attached hydrogens (tertiary/aromatic N) is 4. The van der Waals surface area contributed by atoms with Gasteiger partial charge in [0, 0.05) is 47.4 Å². The normalized spacial score (nSPS) is 20.6. The number of hydrogen-bond acceptors (Lipinski definition) is 6. The highest BCUT2D eigenvalue weighted by Crippen LogP contribution is 2.38. The molecular weight excluding hydrogens is 546 g/mol. The molecule has 0 saturated carbocycles. The Hall–Kier alpha value is -3.96. The van der Waals surface area contributed by atoms with Crippen LogP contribution in [0.15, 0.2) is 54.3 Å². The number of anilines is 1. The lowest BCUT2D eigenvalue weighted by molar-refractivity contribution is -0.121.